The topological polar surface area (TPSA) is 81.9 Å². The number of halogens is 1. The van der Waals surface area contributed by atoms with E-state index in [-0.39, 0.29) is 24.7 Å². The SMILES string of the molecule is O=C(Cn1c2ccccc2c(=O)c2ccccc21)N/N=C/c1cc2c(cc1Br)OCO2. The number of para-hydroxylation sites is 2. The van der Waals surface area contributed by atoms with E-state index in [1.54, 1.807) is 24.3 Å². The lowest BCUT2D eigenvalue weighted by Gasteiger charge is -2.14. The molecule has 7 nitrogen and oxygen atoms in total. The van der Waals surface area contributed by atoms with Crippen LogP contribution in [0.2, 0.25) is 0 Å². The molecule has 1 aliphatic rings. The van der Waals surface area contributed by atoms with Gasteiger partial charge in [0.2, 0.25) is 6.79 Å². The molecule has 154 valence electrons. The van der Waals surface area contributed by atoms with E-state index in [9.17, 15) is 9.59 Å². The first-order valence-corrected chi connectivity index (χ1v) is 10.3. The fraction of sp³-hybridized carbons (Fsp3) is 0.0870. The maximum atomic E-state index is 12.8. The highest BCUT2D eigenvalue weighted by atomic mass is 79.9. The highest BCUT2D eigenvalue weighted by molar-refractivity contribution is 9.10. The number of nitrogens with zero attached hydrogens (tertiary/aromatic N) is 2. The van der Waals surface area contributed by atoms with E-state index in [1.807, 2.05) is 41.0 Å². The summed E-state index contributed by atoms with van der Waals surface area (Å²) >= 11 is 3.46. The average Bonchev–Trinajstić information content (AvgIpc) is 3.24. The number of aromatic nitrogens is 1. The minimum atomic E-state index is -0.313. The average molecular weight is 478 g/mol. The highest BCUT2D eigenvalue weighted by Crippen LogP contribution is 2.36. The number of carbonyl (C=O) groups excluding carboxylic acids is 1. The van der Waals surface area contributed by atoms with E-state index in [0.29, 0.717) is 33.3 Å². The Morgan fingerprint density at radius 2 is 1.65 bits per heavy atom. The minimum Gasteiger partial charge on any atom is -0.454 e. The van der Waals surface area contributed by atoms with E-state index in [1.165, 1.54) is 6.21 Å². The zero-order valence-corrected chi connectivity index (χ0v) is 17.8. The summed E-state index contributed by atoms with van der Waals surface area (Å²) in [4.78, 5) is 25.5. The molecule has 1 aliphatic heterocycles. The maximum absolute atomic E-state index is 12.8. The van der Waals surface area contributed by atoms with Crippen LogP contribution in [-0.4, -0.2) is 23.5 Å². The third-order valence-corrected chi connectivity index (χ3v) is 5.75. The van der Waals surface area contributed by atoms with Crippen molar-refractivity contribution in [2.75, 3.05) is 6.79 Å². The van der Waals surface area contributed by atoms with E-state index in [0.717, 1.165) is 10.0 Å². The van der Waals surface area contributed by atoms with Gasteiger partial charge in [-0.3, -0.25) is 9.59 Å². The summed E-state index contributed by atoms with van der Waals surface area (Å²) in [6.07, 6.45) is 1.53. The molecule has 5 rings (SSSR count). The van der Waals surface area contributed by atoms with Gasteiger partial charge in [-0.25, -0.2) is 5.43 Å². The van der Waals surface area contributed by atoms with Crippen molar-refractivity contribution in [1.29, 1.82) is 0 Å². The molecule has 3 aromatic carbocycles. The van der Waals surface area contributed by atoms with E-state index in [2.05, 4.69) is 26.5 Å². The molecule has 0 fully saturated rings. The number of hydrogen-bond acceptors (Lipinski definition) is 5. The smallest absolute Gasteiger partial charge is 0.260 e. The molecule has 1 amide bonds. The number of rotatable bonds is 4. The number of nitrogens with one attached hydrogen (secondary N) is 1. The fourth-order valence-corrected chi connectivity index (χ4v) is 4.06. The zero-order valence-electron chi connectivity index (χ0n) is 16.2. The Hall–Kier alpha value is -3.65. The molecule has 0 bridgehead atoms. The fourth-order valence-electron chi connectivity index (χ4n) is 3.63. The number of hydrazone groups is 1. The number of hydrogen-bond donors (Lipinski definition) is 1. The van der Waals surface area contributed by atoms with Crippen LogP contribution in [0.4, 0.5) is 0 Å². The zero-order chi connectivity index (χ0) is 21.4. The summed E-state index contributed by atoms with van der Waals surface area (Å²) in [5, 5.41) is 5.22. The summed E-state index contributed by atoms with van der Waals surface area (Å²) in [7, 11) is 0. The summed E-state index contributed by atoms with van der Waals surface area (Å²) in [6.45, 7) is 0.196. The molecule has 8 heteroatoms. The Balaban J connectivity index is 1.43. The summed E-state index contributed by atoms with van der Waals surface area (Å²) in [6, 6.07) is 18.1. The van der Waals surface area contributed by atoms with Crippen molar-refractivity contribution in [2.24, 2.45) is 5.10 Å². The maximum Gasteiger partial charge on any atom is 0.260 e. The summed E-state index contributed by atoms with van der Waals surface area (Å²) in [5.41, 5.74) is 4.65. The lowest BCUT2D eigenvalue weighted by atomic mass is 10.1. The number of carbonyl (C=O) groups is 1. The van der Waals surface area contributed by atoms with Crippen LogP contribution in [0.25, 0.3) is 21.8 Å². The van der Waals surface area contributed by atoms with Crippen LogP contribution in [-0.2, 0) is 11.3 Å². The lowest BCUT2D eigenvalue weighted by Crippen LogP contribution is -2.25. The molecule has 0 saturated carbocycles. The van der Waals surface area contributed by atoms with Gasteiger partial charge in [0.25, 0.3) is 5.91 Å². The van der Waals surface area contributed by atoms with Gasteiger partial charge in [-0.05, 0) is 52.3 Å². The molecule has 1 aromatic heterocycles. The van der Waals surface area contributed by atoms with Gasteiger partial charge in [0, 0.05) is 20.8 Å². The number of ether oxygens (including phenoxy) is 2. The largest absolute Gasteiger partial charge is 0.454 e. The second-order valence-corrected chi connectivity index (χ2v) is 7.82. The van der Waals surface area contributed by atoms with Crippen molar-refractivity contribution < 1.29 is 14.3 Å². The van der Waals surface area contributed by atoms with Crippen LogP contribution in [0.1, 0.15) is 5.56 Å². The second kappa shape index (κ2) is 7.88. The minimum absolute atomic E-state index is 0.0148. The number of benzene rings is 3. The first kappa shape index (κ1) is 19.3. The number of amides is 1. The van der Waals surface area contributed by atoms with Gasteiger partial charge in [-0.2, -0.15) is 5.10 Å². The van der Waals surface area contributed by atoms with Crippen molar-refractivity contribution in [3.05, 3.63) is 80.9 Å². The molecule has 0 unspecified atom stereocenters. The van der Waals surface area contributed by atoms with Crippen LogP contribution in [0, 0.1) is 0 Å². The van der Waals surface area contributed by atoms with Crippen molar-refractivity contribution >= 4 is 49.9 Å². The normalized spacial score (nSPS) is 12.7. The molecule has 4 aromatic rings. The first-order chi connectivity index (χ1) is 15.1. The van der Waals surface area contributed by atoms with Gasteiger partial charge >= 0.3 is 0 Å². The lowest BCUT2D eigenvalue weighted by molar-refractivity contribution is -0.121. The molecule has 0 spiro atoms. The Bertz CT molecular complexity index is 1370. The molecule has 0 saturated heterocycles. The first-order valence-electron chi connectivity index (χ1n) is 9.53. The molecule has 1 N–H and O–H groups in total. The molecule has 0 aliphatic carbocycles. The van der Waals surface area contributed by atoms with Crippen molar-refractivity contribution in [3.63, 3.8) is 0 Å². The van der Waals surface area contributed by atoms with Crippen LogP contribution in [0.15, 0.2) is 75.0 Å². The van der Waals surface area contributed by atoms with Crippen LogP contribution in [0.5, 0.6) is 11.5 Å². The predicted octanol–water partition coefficient (Wildman–Crippen LogP) is 3.80. The number of fused-ring (bicyclic) bond motifs is 3. The molecule has 31 heavy (non-hydrogen) atoms. The Labute approximate surface area is 185 Å². The molecular weight excluding hydrogens is 462 g/mol. The van der Waals surface area contributed by atoms with Crippen molar-refractivity contribution in [3.8, 4) is 11.5 Å². The van der Waals surface area contributed by atoms with Crippen LogP contribution >= 0.6 is 15.9 Å². The third-order valence-electron chi connectivity index (χ3n) is 5.07. The molecule has 0 atom stereocenters. The third kappa shape index (κ3) is 3.55. The highest BCUT2D eigenvalue weighted by Gasteiger charge is 2.16. The van der Waals surface area contributed by atoms with Gasteiger partial charge in [-0.15, -0.1) is 0 Å². The molecule has 0 radical (unpaired) electrons. The van der Waals surface area contributed by atoms with Crippen LogP contribution in [0.3, 0.4) is 0 Å². The van der Waals surface area contributed by atoms with Gasteiger partial charge in [0.05, 0.1) is 17.2 Å². The Morgan fingerprint density at radius 3 is 2.32 bits per heavy atom. The van der Waals surface area contributed by atoms with E-state index < -0.39 is 0 Å². The number of pyridine rings is 1. The molecular formula is C23H16BrN3O4. The van der Waals surface area contributed by atoms with Crippen LogP contribution < -0.4 is 20.3 Å². The summed E-state index contributed by atoms with van der Waals surface area (Å²) in [5.74, 6) is 0.972. The predicted molar refractivity (Wildman–Crippen MR) is 122 cm³/mol. The molecule has 2 heterocycles. The Kier molecular flexibility index (Phi) is 4.91. The quantitative estimate of drug-likeness (QED) is 0.275. The second-order valence-electron chi connectivity index (χ2n) is 6.97. The standard InChI is InChI=1S/C23H16BrN3O4/c24-17-10-21-20(30-13-31-21)9-14(17)11-25-26-22(28)12-27-18-7-3-1-5-15(18)23(29)16-6-2-4-8-19(16)27/h1-11H,12-13H2,(H,26,28)/b25-11+. The van der Waals surface area contributed by atoms with Gasteiger partial charge < -0.3 is 14.0 Å². The summed E-state index contributed by atoms with van der Waals surface area (Å²) < 4.78 is 13.3. The van der Waals surface area contributed by atoms with Crippen molar-refractivity contribution in [2.45, 2.75) is 6.54 Å². The van der Waals surface area contributed by atoms with E-state index in [4.69, 9.17) is 9.47 Å². The van der Waals surface area contributed by atoms with Gasteiger partial charge in [-0.1, -0.05) is 24.3 Å². The van der Waals surface area contributed by atoms with Gasteiger partial charge in [0.15, 0.2) is 16.9 Å². The Morgan fingerprint density at radius 1 is 1.03 bits per heavy atom. The van der Waals surface area contributed by atoms with Gasteiger partial charge in [0.1, 0.15) is 6.54 Å². The monoisotopic (exact) mass is 477 g/mol. The van der Waals surface area contributed by atoms with Crippen molar-refractivity contribution in [1.82, 2.24) is 9.99 Å². The van der Waals surface area contributed by atoms with E-state index >= 15 is 0 Å².